The van der Waals surface area contributed by atoms with Crippen molar-refractivity contribution in [2.45, 2.75) is 19.3 Å². The number of nitrogens with zero attached hydrogens (tertiary/aromatic N) is 1. The number of thiazole rings is 1. The second-order valence-electron chi connectivity index (χ2n) is 4.05. The van der Waals surface area contributed by atoms with Crippen molar-refractivity contribution in [1.29, 1.82) is 0 Å². The Hall–Kier alpha value is -0.710. The maximum Gasteiger partial charge on any atom is 0.0971 e. The van der Waals surface area contributed by atoms with Gasteiger partial charge in [-0.25, -0.2) is 4.98 Å². The molecular formula is C13H14BrNOS. The highest BCUT2D eigenvalue weighted by atomic mass is 79.9. The highest BCUT2D eigenvalue weighted by molar-refractivity contribution is 9.10. The van der Waals surface area contributed by atoms with Gasteiger partial charge in [-0.15, -0.1) is 11.3 Å². The van der Waals surface area contributed by atoms with E-state index in [9.17, 15) is 0 Å². The minimum absolute atomic E-state index is 0.179. The number of aromatic nitrogens is 1. The fourth-order valence-electron chi connectivity index (χ4n) is 1.55. The van der Waals surface area contributed by atoms with Gasteiger partial charge in [-0.05, 0) is 17.7 Å². The molecule has 1 atom stereocenters. The highest BCUT2D eigenvalue weighted by Gasteiger charge is 2.09. The number of halogens is 1. The first-order valence-electron chi connectivity index (χ1n) is 5.49. The average molecular weight is 312 g/mol. The van der Waals surface area contributed by atoms with Crippen molar-refractivity contribution in [3.05, 3.63) is 50.4 Å². The van der Waals surface area contributed by atoms with Gasteiger partial charge in [0.25, 0.3) is 0 Å². The smallest absolute Gasteiger partial charge is 0.0971 e. The molecule has 1 heterocycles. The van der Waals surface area contributed by atoms with Crippen molar-refractivity contribution < 1.29 is 5.11 Å². The van der Waals surface area contributed by atoms with Crippen LogP contribution in [0.25, 0.3) is 0 Å². The summed E-state index contributed by atoms with van der Waals surface area (Å²) >= 11 is 5.14. The molecule has 2 rings (SSSR count). The molecule has 2 nitrogen and oxygen atoms in total. The Balaban J connectivity index is 2.11. The third-order valence-corrected chi connectivity index (χ3v) is 4.30. The van der Waals surface area contributed by atoms with Crippen LogP contribution in [-0.2, 0) is 6.42 Å². The van der Waals surface area contributed by atoms with Crippen LogP contribution in [0.1, 0.15) is 28.3 Å². The van der Waals surface area contributed by atoms with Crippen LogP contribution in [0.2, 0.25) is 0 Å². The fraction of sp³-hybridized carbons (Fsp3) is 0.308. The molecule has 0 amide bonds. The molecule has 1 aromatic heterocycles. The number of rotatable bonds is 4. The van der Waals surface area contributed by atoms with E-state index < -0.39 is 0 Å². The lowest BCUT2D eigenvalue weighted by Crippen LogP contribution is -1.94. The van der Waals surface area contributed by atoms with Crippen LogP contribution in [0.5, 0.6) is 0 Å². The normalized spacial score (nSPS) is 12.6. The van der Waals surface area contributed by atoms with Crippen LogP contribution >= 0.6 is 27.3 Å². The molecule has 0 saturated heterocycles. The quantitative estimate of drug-likeness (QED) is 0.936. The average Bonchev–Trinajstić information content (AvgIpc) is 2.76. The van der Waals surface area contributed by atoms with E-state index in [0.717, 1.165) is 20.8 Å². The zero-order valence-electron chi connectivity index (χ0n) is 9.56. The monoisotopic (exact) mass is 311 g/mol. The first-order valence-corrected chi connectivity index (χ1v) is 7.10. The lowest BCUT2D eigenvalue weighted by Gasteiger charge is -2.01. The van der Waals surface area contributed by atoms with Gasteiger partial charge in [0.15, 0.2) is 0 Å². The van der Waals surface area contributed by atoms with E-state index in [1.165, 1.54) is 5.56 Å². The summed E-state index contributed by atoms with van der Waals surface area (Å²) in [5.41, 5.74) is 1.25. The van der Waals surface area contributed by atoms with Crippen molar-refractivity contribution in [1.82, 2.24) is 4.98 Å². The Morgan fingerprint density at radius 2 is 2.29 bits per heavy atom. The first-order chi connectivity index (χ1) is 8.19. The molecule has 0 spiro atoms. The van der Waals surface area contributed by atoms with E-state index in [0.29, 0.717) is 0 Å². The number of aliphatic hydroxyl groups is 1. The summed E-state index contributed by atoms with van der Waals surface area (Å²) in [7, 11) is 0. The van der Waals surface area contributed by atoms with Gasteiger partial charge in [-0.1, -0.05) is 35.0 Å². The Labute approximate surface area is 113 Å². The zero-order chi connectivity index (χ0) is 12.3. The standard InChI is InChI=1S/C13H14BrNOS/c1-9(8-16)12-7-15-13(17-12)6-10-3-2-4-11(14)5-10/h2-5,7,9,16H,6,8H2,1H3. The number of benzene rings is 1. The van der Waals surface area contributed by atoms with Crippen LogP contribution in [0, 0.1) is 0 Å². The minimum atomic E-state index is 0.179. The van der Waals surface area contributed by atoms with Gasteiger partial charge < -0.3 is 5.11 Å². The van der Waals surface area contributed by atoms with Crippen molar-refractivity contribution in [2.75, 3.05) is 6.61 Å². The Morgan fingerprint density at radius 1 is 1.47 bits per heavy atom. The predicted molar refractivity (Wildman–Crippen MR) is 74.6 cm³/mol. The molecule has 0 saturated carbocycles. The Bertz CT molecular complexity index is 498. The summed E-state index contributed by atoms with van der Waals surface area (Å²) in [5, 5.41) is 10.2. The minimum Gasteiger partial charge on any atom is -0.396 e. The zero-order valence-corrected chi connectivity index (χ0v) is 12.0. The Kier molecular flexibility index (Phi) is 4.31. The van der Waals surface area contributed by atoms with Crippen molar-refractivity contribution in [3.8, 4) is 0 Å². The summed E-state index contributed by atoms with van der Waals surface area (Å²) < 4.78 is 1.09. The largest absolute Gasteiger partial charge is 0.396 e. The highest BCUT2D eigenvalue weighted by Crippen LogP contribution is 2.24. The summed E-state index contributed by atoms with van der Waals surface area (Å²) in [5.74, 6) is 0.184. The molecule has 4 heteroatoms. The van der Waals surface area contributed by atoms with Crippen LogP contribution < -0.4 is 0 Å². The molecule has 0 aliphatic carbocycles. The van der Waals surface area contributed by atoms with Gasteiger partial charge in [-0.3, -0.25) is 0 Å². The molecule has 0 radical (unpaired) electrons. The third-order valence-electron chi connectivity index (χ3n) is 2.58. The third kappa shape index (κ3) is 3.37. The van der Waals surface area contributed by atoms with Gasteiger partial charge in [0.2, 0.25) is 0 Å². The second kappa shape index (κ2) is 5.76. The molecule has 0 aliphatic heterocycles. The van der Waals surface area contributed by atoms with Crippen LogP contribution in [0.3, 0.4) is 0 Å². The number of hydrogen-bond acceptors (Lipinski definition) is 3. The van der Waals surface area contributed by atoms with Crippen LogP contribution in [0.4, 0.5) is 0 Å². The van der Waals surface area contributed by atoms with Crippen LogP contribution in [-0.4, -0.2) is 16.7 Å². The molecule has 0 fully saturated rings. The molecule has 0 aliphatic rings. The molecule has 1 unspecified atom stereocenters. The number of hydrogen-bond donors (Lipinski definition) is 1. The maximum atomic E-state index is 9.10. The topological polar surface area (TPSA) is 33.1 Å². The molecule has 2 aromatic rings. The molecule has 0 bridgehead atoms. The van der Waals surface area contributed by atoms with Gasteiger partial charge in [0.1, 0.15) is 0 Å². The van der Waals surface area contributed by atoms with E-state index in [-0.39, 0.29) is 12.5 Å². The van der Waals surface area contributed by atoms with E-state index in [4.69, 9.17) is 5.11 Å². The molecule has 1 aromatic carbocycles. The van der Waals surface area contributed by atoms with E-state index in [1.54, 1.807) is 11.3 Å². The van der Waals surface area contributed by atoms with E-state index >= 15 is 0 Å². The lowest BCUT2D eigenvalue weighted by atomic mass is 10.2. The fourth-order valence-corrected chi connectivity index (χ4v) is 2.99. The first kappa shape index (κ1) is 12.7. The van der Waals surface area contributed by atoms with Gasteiger partial charge >= 0.3 is 0 Å². The molecular weight excluding hydrogens is 298 g/mol. The summed E-state index contributed by atoms with van der Waals surface area (Å²) in [6, 6.07) is 8.26. The van der Waals surface area contributed by atoms with Gasteiger partial charge in [0, 0.05) is 27.9 Å². The molecule has 1 N–H and O–H groups in total. The summed E-state index contributed by atoms with van der Waals surface area (Å²) in [4.78, 5) is 5.55. The van der Waals surface area contributed by atoms with E-state index in [1.807, 2.05) is 25.3 Å². The van der Waals surface area contributed by atoms with Crippen molar-refractivity contribution in [3.63, 3.8) is 0 Å². The Morgan fingerprint density at radius 3 is 3.00 bits per heavy atom. The summed E-state index contributed by atoms with van der Waals surface area (Å²) in [6.45, 7) is 2.19. The second-order valence-corrected chi connectivity index (χ2v) is 6.11. The van der Waals surface area contributed by atoms with Gasteiger partial charge in [-0.2, -0.15) is 0 Å². The summed E-state index contributed by atoms with van der Waals surface area (Å²) in [6.07, 6.45) is 2.72. The molecule has 17 heavy (non-hydrogen) atoms. The van der Waals surface area contributed by atoms with Gasteiger partial charge in [0.05, 0.1) is 11.6 Å². The van der Waals surface area contributed by atoms with E-state index in [2.05, 4.69) is 33.0 Å². The van der Waals surface area contributed by atoms with Crippen molar-refractivity contribution >= 4 is 27.3 Å². The number of aliphatic hydroxyl groups excluding tert-OH is 1. The molecule has 90 valence electrons. The SMILES string of the molecule is CC(CO)c1cnc(Cc2cccc(Br)c2)s1. The predicted octanol–water partition coefficient (Wildman–Crippen LogP) is 3.59. The lowest BCUT2D eigenvalue weighted by molar-refractivity contribution is 0.274. The van der Waals surface area contributed by atoms with Crippen LogP contribution in [0.15, 0.2) is 34.9 Å². The maximum absolute atomic E-state index is 9.10. The van der Waals surface area contributed by atoms with Crippen molar-refractivity contribution in [2.24, 2.45) is 0 Å².